The van der Waals surface area contributed by atoms with Gasteiger partial charge in [0.15, 0.2) is 5.65 Å². The fourth-order valence-electron chi connectivity index (χ4n) is 2.24. The number of thiophene rings is 1. The van der Waals surface area contributed by atoms with E-state index < -0.39 is 0 Å². The minimum atomic E-state index is 0.403. The van der Waals surface area contributed by atoms with E-state index in [2.05, 4.69) is 42.0 Å². The van der Waals surface area contributed by atoms with Crippen molar-refractivity contribution in [1.82, 2.24) is 19.3 Å². The summed E-state index contributed by atoms with van der Waals surface area (Å²) in [5.74, 6) is 1.29. The standard InChI is InChI=1S/C12H12BrClN4S/c1-7-11-12(17(2)16-7)18(10(4-14)15-11)5-9-3-8(13)6-19-9/h3,6H,4-5H2,1-2H3. The Bertz CT molecular complexity index is 742. The van der Waals surface area contributed by atoms with Gasteiger partial charge in [0.1, 0.15) is 11.3 Å². The van der Waals surface area contributed by atoms with E-state index in [0.717, 1.165) is 33.7 Å². The molecule has 0 radical (unpaired) electrons. The highest BCUT2D eigenvalue weighted by atomic mass is 79.9. The minimum Gasteiger partial charge on any atom is -0.307 e. The van der Waals surface area contributed by atoms with Crippen molar-refractivity contribution in [2.45, 2.75) is 19.3 Å². The second kappa shape index (κ2) is 4.92. The van der Waals surface area contributed by atoms with Gasteiger partial charge in [-0.15, -0.1) is 22.9 Å². The Morgan fingerprint density at radius 1 is 1.47 bits per heavy atom. The number of halogens is 2. The van der Waals surface area contributed by atoms with Crippen molar-refractivity contribution in [3.05, 3.63) is 32.3 Å². The predicted molar refractivity (Wildman–Crippen MR) is 81.9 cm³/mol. The minimum absolute atomic E-state index is 0.403. The Morgan fingerprint density at radius 3 is 2.89 bits per heavy atom. The molecule has 0 atom stereocenters. The van der Waals surface area contributed by atoms with Crippen LogP contribution in [0.25, 0.3) is 11.2 Å². The average molecular weight is 360 g/mol. The molecule has 3 aromatic rings. The first-order chi connectivity index (χ1) is 9.10. The van der Waals surface area contributed by atoms with Crippen LogP contribution in [0.2, 0.25) is 0 Å². The molecular weight excluding hydrogens is 348 g/mol. The molecule has 0 fully saturated rings. The first kappa shape index (κ1) is 13.1. The molecule has 7 heteroatoms. The lowest BCUT2D eigenvalue weighted by molar-refractivity contribution is 0.706. The molecule has 100 valence electrons. The van der Waals surface area contributed by atoms with Gasteiger partial charge in [0.25, 0.3) is 0 Å². The number of alkyl halides is 1. The molecule has 0 unspecified atom stereocenters. The van der Waals surface area contributed by atoms with Crippen LogP contribution in [0.15, 0.2) is 15.9 Å². The van der Waals surface area contributed by atoms with Crippen LogP contribution in [0.5, 0.6) is 0 Å². The van der Waals surface area contributed by atoms with E-state index in [1.54, 1.807) is 11.3 Å². The lowest BCUT2D eigenvalue weighted by atomic mass is 10.4. The van der Waals surface area contributed by atoms with E-state index in [9.17, 15) is 0 Å². The number of aromatic nitrogens is 4. The molecule has 3 aromatic heterocycles. The first-order valence-corrected chi connectivity index (χ1v) is 7.98. The largest absolute Gasteiger partial charge is 0.307 e. The van der Waals surface area contributed by atoms with Crippen LogP contribution in [0.3, 0.4) is 0 Å². The molecule has 0 spiro atoms. The SMILES string of the molecule is Cc1nn(C)c2c1nc(CCl)n2Cc1cc(Br)cs1. The van der Waals surface area contributed by atoms with E-state index in [-0.39, 0.29) is 0 Å². The lowest BCUT2D eigenvalue weighted by Gasteiger charge is -2.06. The highest BCUT2D eigenvalue weighted by molar-refractivity contribution is 9.10. The molecule has 3 heterocycles. The topological polar surface area (TPSA) is 35.6 Å². The number of hydrogen-bond acceptors (Lipinski definition) is 3. The van der Waals surface area contributed by atoms with Gasteiger partial charge in [0, 0.05) is 21.8 Å². The third-order valence-electron chi connectivity index (χ3n) is 3.02. The summed E-state index contributed by atoms with van der Waals surface area (Å²) >= 11 is 11.2. The fourth-order valence-corrected chi connectivity index (χ4v) is 3.88. The predicted octanol–water partition coefficient (Wildman–Crippen LogP) is 3.69. The number of aryl methyl sites for hydroxylation is 2. The summed E-state index contributed by atoms with van der Waals surface area (Å²) in [6, 6.07) is 2.12. The highest BCUT2D eigenvalue weighted by Gasteiger charge is 2.17. The highest BCUT2D eigenvalue weighted by Crippen LogP contribution is 2.25. The van der Waals surface area contributed by atoms with Gasteiger partial charge in [-0.25, -0.2) is 4.98 Å². The molecule has 0 amide bonds. The Hall–Kier alpha value is -0.850. The van der Waals surface area contributed by atoms with Crippen LogP contribution in [-0.2, 0) is 19.5 Å². The van der Waals surface area contributed by atoms with E-state index in [1.807, 2.05) is 18.7 Å². The molecule has 0 saturated carbocycles. The van der Waals surface area contributed by atoms with E-state index >= 15 is 0 Å². The Balaban J connectivity index is 2.15. The van der Waals surface area contributed by atoms with Crippen molar-refractivity contribution in [1.29, 1.82) is 0 Å². The maximum atomic E-state index is 6.02. The van der Waals surface area contributed by atoms with Gasteiger partial charge in [-0.3, -0.25) is 4.68 Å². The molecular formula is C12H12BrClN4S. The summed E-state index contributed by atoms with van der Waals surface area (Å²) in [4.78, 5) is 5.86. The van der Waals surface area contributed by atoms with Gasteiger partial charge in [-0.05, 0) is 28.9 Å². The van der Waals surface area contributed by atoms with Gasteiger partial charge < -0.3 is 4.57 Å². The van der Waals surface area contributed by atoms with E-state index in [4.69, 9.17) is 11.6 Å². The van der Waals surface area contributed by atoms with Crippen LogP contribution in [0.1, 0.15) is 16.4 Å². The summed E-state index contributed by atoms with van der Waals surface area (Å²) in [6.45, 7) is 2.74. The second-order valence-electron chi connectivity index (χ2n) is 4.36. The number of hydrogen-bond donors (Lipinski definition) is 0. The van der Waals surface area contributed by atoms with Gasteiger partial charge in [0.05, 0.1) is 18.1 Å². The number of fused-ring (bicyclic) bond motifs is 1. The molecule has 0 aromatic carbocycles. The number of rotatable bonds is 3. The van der Waals surface area contributed by atoms with Crippen molar-refractivity contribution < 1.29 is 0 Å². The average Bonchev–Trinajstić information content (AvgIpc) is 3.00. The third-order valence-corrected chi connectivity index (χ3v) is 4.95. The third kappa shape index (κ3) is 2.22. The van der Waals surface area contributed by atoms with Crippen molar-refractivity contribution in [3.8, 4) is 0 Å². The summed E-state index contributed by atoms with van der Waals surface area (Å²) in [6.07, 6.45) is 0. The molecule has 0 aliphatic heterocycles. The molecule has 0 aliphatic rings. The van der Waals surface area contributed by atoms with Crippen LogP contribution in [0, 0.1) is 6.92 Å². The maximum absolute atomic E-state index is 6.02. The van der Waals surface area contributed by atoms with E-state index in [1.165, 1.54) is 4.88 Å². The van der Waals surface area contributed by atoms with Crippen molar-refractivity contribution >= 4 is 50.0 Å². The normalized spacial score (nSPS) is 11.6. The van der Waals surface area contributed by atoms with Gasteiger partial charge >= 0.3 is 0 Å². The monoisotopic (exact) mass is 358 g/mol. The van der Waals surface area contributed by atoms with Crippen LogP contribution in [-0.4, -0.2) is 19.3 Å². The molecule has 0 bridgehead atoms. The molecule has 0 saturated heterocycles. The molecule has 0 N–H and O–H groups in total. The maximum Gasteiger partial charge on any atom is 0.159 e. The van der Waals surface area contributed by atoms with Crippen molar-refractivity contribution in [2.75, 3.05) is 0 Å². The van der Waals surface area contributed by atoms with E-state index in [0.29, 0.717) is 5.88 Å². The fraction of sp³-hybridized carbons (Fsp3) is 0.333. The second-order valence-corrected chi connectivity index (χ2v) is 6.54. The zero-order valence-corrected chi connectivity index (χ0v) is 13.7. The summed E-state index contributed by atoms with van der Waals surface area (Å²) in [7, 11) is 1.94. The Kier molecular flexibility index (Phi) is 3.41. The lowest BCUT2D eigenvalue weighted by Crippen LogP contribution is -2.06. The smallest absolute Gasteiger partial charge is 0.159 e. The molecule has 19 heavy (non-hydrogen) atoms. The van der Waals surface area contributed by atoms with Crippen molar-refractivity contribution in [3.63, 3.8) is 0 Å². The van der Waals surface area contributed by atoms with Crippen LogP contribution in [0.4, 0.5) is 0 Å². The summed E-state index contributed by atoms with van der Waals surface area (Å²) in [5.41, 5.74) is 2.90. The Labute approximate surface area is 128 Å². The Morgan fingerprint density at radius 2 is 2.26 bits per heavy atom. The number of nitrogens with zero attached hydrogens (tertiary/aromatic N) is 4. The first-order valence-electron chi connectivity index (χ1n) is 5.77. The van der Waals surface area contributed by atoms with Crippen molar-refractivity contribution in [2.24, 2.45) is 7.05 Å². The quantitative estimate of drug-likeness (QED) is 0.669. The van der Waals surface area contributed by atoms with Gasteiger partial charge in [-0.2, -0.15) is 5.10 Å². The molecule has 4 nitrogen and oxygen atoms in total. The number of imidazole rings is 1. The van der Waals surface area contributed by atoms with Crippen LogP contribution < -0.4 is 0 Å². The summed E-state index contributed by atoms with van der Waals surface area (Å²) in [5, 5.41) is 6.50. The van der Waals surface area contributed by atoms with Gasteiger partial charge in [-0.1, -0.05) is 0 Å². The zero-order chi connectivity index (χ0) is 13.6. The van der Waals surface area contributed by atoms with Crippen LogP contribution >= 0.6 is 38.9 Å². The summed E-state index contributed by atoms with van der Waals surface area (Å²) < 4.78 is 5.12. The molecule has 3 rings (SSSR count). The van der Waals surface area contributed by atoms with Gasteiger partial charge in [0.2, 0.25) is 0 Å². The molecule has 0 aliphatic carbocycles. The zero-order valence-electron chi connectivity index (χ0n) is 10.5.